The van der Waals surface area contributed by atoms with Crippen molar-refractivity contribution >= 4 is 17.4 Å². The molecule has 11 heavy (non-hydrogen) atoms. The van der Waals surface area contributed by atoms with E-state index in [1.807, 2.05) is 20.8 Å². The number of halogens is 1. The maximum atomic E-state index is 10.3. The van der Waals surface area contributed by atoms with Gasteiger partial charge in [0.25, 0.3) is 0 Å². The van der Waals surface area contributed by atoms with E-state index in [9.17, 15) is 4.79 Å². The molecule has 0 aromatic carbocycles. The van der Waals surface area contributed by atoms with Crippen LogP contribution in [0.1, 0.15) is 40.5 Å². The van der Waals surface area contributed by atoms with Crippen LogP contribution in [0, 0.1) is 5.92 Å². The normalized spacial score (nSPS) is 8.91. The second-order valence-electron chi connectivity index (χ2n) is 2.99. The molecule has 0 aliphatic carbocycles. The summed E-state index contributed by atoms with van der Waals surface area (Å²) in [4.78, 5) is 10.3. The lowest BCUT2D eigenvalue weighted by molar-refractivity contribution is -0.117. The second kappa shape index (κ2) is 9.96. The quantitative estimate of drug-likeness (QED) is 0.607. The van der Waals surface area contributed by atoms with Gasteiger partial charge in [0.15, 0.2) is 0 Å². The van der Waals surface area contributed by atoms with Crippen molar-refractivity contribution < 1.29 is 4.79 Å². The molecule has 0 atom stereocenters. The number of rotatable bonds is 3. The molecule has 0 bridgehead atoms. The number of carbonyl (C=O) groups is 1. The molecule has 0 aliphatic rings. The number of ketones is 1. The molecule has 2 heteroatoms. The molecule has 0 spiro atoms. The van der Waals surface area contributed by atoms with Crippen LogP contribution in [0.3, 0.4) is 0 Å². The van der Waals surface area contributed by atoms with E-state index >= 15 is 0 Å². The Labute approximate surface area is 75.1 Å². The van der Waals surface area contributed by atoms with Gasteiger partial charge in [-0.15, -0.1) is 11.6 Å². The Hall–Kier alpha value is -0.0400. The fourth-order valence-electron chi connectivity index (χ4n) is 0.575. The van der Waals surface area contributed by atoms with Crippen molar-refractivity contribution in [2.75, 3.05) is 5.88 Å². The first-order valence-corrected chi connectivity index (χ1v) is 4.63. The lowest BCUT2D eigenvalue weighted by Crippen LogP contribution is -1.95. The number of Topliss-reactive ketones (excluding diaryl/α,β-unsaturated/α-hetero) is 1. The average Bonchev–Trinajstić information content (AvgIpc) is 1.85. The Kier molecular flexibility index (Phi) is 12.3. The predicted molar refractivity (Wildman–Crippen MR) is 51.1 cm³/mol. The van der Waals surface area contributed by atoms with E-state index in [0.29, 0.717) is 5.92 Å². The van der Waals surface area contributed by atoms with Crippen molar-refractivity contribution in [3.63, 3.8) is 0 Å². The van der Waals surface area contributed by atoms with Crippen molar-refractivity contribution in [3.8, 4) is 0 Å². The monoisotopic (exact) mass is 178 g/mol. The van der Waals surface area contributed by atoms with E-state index in [1.165, 1.54) is 0 Å². The van der Waals surface area contributed by atoms with Gasteiger partial charge in [-0.05, 0) is 19.3 Å². The van der Waals surface area contributed by atoms with Crippen LogP contribution in [0.4, 0.5) is 0 Å². The van der Waals surface area contributed by atoms with Crippen LogP contribution in [0.25, 0.3) is 0 Å². The van der Waals surface area contributed by atoms with Crippen LogP contribution < -0.4 is 0 Å². The van der Waals surface area contributed by atoms with E-state index < -0.39 is 0 Å². The maximum Gasteiger partial charge on any atom is 0.130 e. The Morgan fingerprint density at radius 3 is 1.82 bits per heavy atom. The van der Waals surface area contributed by atoms with Crippen LogP contribution in [0.2, 0.25) is 0 Å². The molecule has 0 saturated carbocycles. The molecule has 0 aliphatic heterocycles. The van der Waals surface area contributed by atoms with Crippen LogP contribution in [-0.2, 0) is 4.79 Å². The molecule has 1 nitrogen and oxygen atoms in total. The van der Waals surface area contributed by atoms with Gasteiger partial charge in [-0.25, -0.2) is 0 Å². The smallest absolute Gasteiger partial charge is 0.130 e. The van der Waals surface area contributed by atoms with Crippen molar-refractivity contribution in [1.29, 1.82) is 0 Å². The molecule has 0 amide bonds. The van der Waals surface area contributed by atoms with Gasteiger partial charge in [-0.2, -0.15) is 0 Å². The minimum Gasteiger partial charge on any atom is -0.300 e. The summed E-state index contributed by atoms with van der Waals surface area (Å²) in [5.41, 5.74) is 0. The molecular weight excluding hydrogens is 160 g/mol. The van der Waals surface area contributed by atoms with Crippen LogP contribution in [0.5, 0.6) is 0 Å². The van der Waals surface area contributed by atoms with Crippen LogP contribution in [0.15, 0.2) is 0 Å². The number of carbonyl (C=O) groups excluding carboxylic acids is 1. The first-order chi connectivity index (χ1) is 5.04. The molecule has 0 heterocycles. The van der Waals surface area contributed by atoms with E-state index in [0.717, 1.165) is 18.7 Å². The summed E-state index contributed by atoms with van der Waals surface area (Å²) in [5, 5.41) is 0. The highest BCUT2D eigenvalue weighted by Gasteiger charge is 1.95. The van der Waals surface area contributed by atoms with E-state index in [2.05, 4.69) is 0 Å². The average molecular weight is 179 g/mol. The lowest BCUT2D eigenvalue weighted by atomic mass is 10.1. The zero-order valence-corrected chi connectivity index (χ0v) is 8.74. The lowest BCUT2D eigenvalue weighted by Gasteiger charge is -1.95. The van der Waals surface area contributed by atoms with Gasteiger partial charge in [0.05, 0.1) is 0 Å². The highest BCUT2D eigenvalue weighted by Crippen LogP contribution is 1.97. The third-order valence-electron chi connectivity index (χ3n) is 0.885. The van der Waals surface area contributed by atoms with Crippen molar-refractivity contribution in [1.82, 2.24) is 0 Å². The van der Waals surface area contributed by atoms with Gasteiger partial charge in [0.1, 0.15) is 5.78 Å². The highest BCUT2D eigenvalue weighted by atomic mass is 35.5. The van der Waals surface area contributed by atoms with E-state index in [1.54, 1.807) is 6.92 Å². The molecule has 0 fully saturated rings. The van der Waals surface area contributed by atoms with Gasteiger partial charge < -0.3 is 4.79 Å². The summed E-state index contributed by atoms with van der Waals surface area (Å²) < 4.78 is 0. The zero-order chi connectivity index (χ0) is 9.28. The fourth-order valence-corrected chi connectivity index (χ4v) is 0.575. The molecule has 0 saturated heterocycles. The molecule has 0 rings (SSSR count). The topological polar surface area (TPSA) is 17.1 Å². The summed E-state index contributed by atoms with van der Waals surface area (Å²) in [5.74, 6) is 1.60. The Balaban J connectivity index is 0. The second-order valence-corrected chi connectivity index (χ2v) is 3.37. The van der Waals surface area contributed by atoms with Gasteiger partial charge in [0, 0.05) is 12.3 Å². The van der Waals surface area contributed by atoms with Gasteiger partial charge >= 0.3 is 0 Å². The molecule has 0 N–H and O–H groups in total. The van der Waals surface area contributed by atoms with Crippen molar-refractivity contribution in [3.05, 3.63) is 0 Å². The summed E-state index contributed by atoms with van der Waals surface area (Å²) in [6.45, 7) is 7.76. The number of hydrogen-bond donors (Lipinski definition) is 0. The molecule has 0 radical (unpaired) electrons. The first-order valence-electron chi connectivity index (χ1n) is 4.09. The van der Waals surface area contributed by atoms with Gasteiger partial charge in [-0.3, -0.25) is 0 Å². The third-order valence-corrected chi connectivity index (χ3v) is 1.26. The Morgan fingerprint density at radius 2 is 1.82 bits per heavy atom. The van der Waals surface area contributed by atoms with E-state index in [-0.39, 0.29) is 5.78 Å². The van der Waals surface area contributed by atoms with Gasteiger partial charge in [0.2, 0.25) is 0 Å². The number of alkyl halides is 1. The Morgan fingerprint density at radius 1 is 1.45 bits per heavy atom. The van der Waals surface area contributed by atoms with Gasteiger partial charge in [-0.1, -0.05) is 20.8 Å². The largest absolute Gasteiger partial charge is 0.300 e. The fraction of sp³-hybridized carbons (Fsp3) is 0.889. The standard InChI is InChI=1S/C6H12O.C3H7Cl/c1-5(2)4-6(3)7;1-2-3-4/h5H,4H2,1-3H3;2-3H2,1H3. The minimum absolute atomic E-state index is 0.287. The van der Waals surface area contributed by atoms with Crippen molar-refractivity contribution in [2.24, 2.45) is 5.92 Å². The SMILES string of the molecule is CC(=O)CC(C)C.CCCCl. The molecule has 0 unspecified atom stereocenters. The number of hydrogen-bond acceptors (Lipinski definition) is 1. The zero-order valence-electron chi connectivity index (χ0n) is 7.98. The van der Waals surface area contributed by atoms with Crippen molar-refractivity contribution in [2.45, 2.75) is 40.5 Å². The maximum absolute atomic E-state index is 10.3. The summed E-state index contributed by atoms with van der Waals surface area (Å²) in [6.07, 6.45) is 1.81. The summed E-state index contributed by atoms with van der Waals surface area (Å²) in [6, 6.07) is 0. The third kappa shape index (κ3) is 25.7. The predicted octanol–water partition coefficient (Wildman–Crippen LogP) is 3.26. The summed E-state index contributed by atoms with van der Waals surface area (Å²) in [7, 11) is 0. The summed E-state index contributed by atoms with van der Waals surface area (Å²) >= 11 is 5.19. The highest BCUT2D eigenvalue weighted by molar-refractivity contribution is 6.17. The minimum atomic E-state index is 0.287. The molecule has 0 aromatic rings. The van der Waals surface area contributed by atoms with Crippen LogP contribution in [-0.4, -0.2) is 11.7 Å². The molecule has 0 aromatic heterocycles. The van der Waals surface area contributed by atoms with Crippen LogP contribution >= 0.6 is 11.6 Å². The first kappa shape index (κ1) is 13.5. The molecular formula is C9H19ClO. The van der Waals surface area contributed by atoms with E-state index in [4.69, 9.17) is 11.6 Å². The Bertz CT molecular complexity index is 87.6. The molecule has 68 valence electrons.